The van der Waals surface area contributed by atoms with Gasteiger partial charge in [0, 0.05) is 19.4 Å². The summed E-state index contributed by atoms with van der Waals surface area (Å²) in [6.07, 6.45) is 1.61. The number of ketones is 1. The highest BCUT2D eigenvalue weighted by atomic mass is 16.5. The van der Waals surface area contributed by atoms with E-state index in [2.05, 4.69) is 5.32 Å². The third-order valence-electron chi connectivity index (χ3n) is 3.07. The summed E-state index contributed by atoms with van der Waals surface area (Å²) in [7, 11) is 0. The van der Waals surface area contributed by atoms with Crippen molar-refractivity contribution in [2.75, 3.05) is 13.2 Å². The molecule has 0 aromatic carbocycles. The molecule has 18 heavy (non-hydrogen) atoms. The van der Waals surface area contributed by atoms with Crippen molar-refractivity contribution in [3.8, 4) is 0 Å². The normalized spacial score (nSPS) is 20.4. The van der Waals surface area contributed by atoms with Gasteiger partial charge in [0.15, 0.2) is 0 Å². The molecule has 0 unspecified atom stereocenters. The van der Waals surface area contributed by atoms with Crippen LogP contribution in [0.15, 0.2) is 0 Å². The van der Waals surface area contributed by atoms with E-state index in [1.807, 2.05) is 0 Å². The Hall–Kier alpha value is -1.43. The number of carbonyl (C=O) groups excluding carboxylic acids is 3. The van der Waals surface area contributed by atoms with Gasteiger partial charge in [0.2, 0.25) is 11.8 Å². The minimum absolute atomic E-state index is 0.0553. The van der Waals surface area contributed by atoms with Gasteiger partial charge < -0.3 is 15.8 Å². The molecule has 0 saturated carbocycles. The Balaban J connectivity index is 2.44. The van der Waals surface area contributed by atoms with Crippen molar-refractivity contribution in [2.24, 2.45) is 11.7 Å². The van der Waals surface area contributed by atoms with Gasteiger partial charge in [-0.2, -0.15) is 0 Å². The van der Waals surface area contributed by atoms with E-state index >= 15 is 0 Å². The largest absolute Gasteiger partial charge is 0.381 e. The molecule has 0 aliphatic carbocycles. The van der Waals surface area contributed by atoms with E-state index in [-0.39, 0.29) is 30.4 Å². The summed E-state index contributed by atoms with van der Waals surface area (Å²) in [5.74, 6) is -0.986. The van der Waals surface area contributed by atoms with Crippen LogP contribution < -0.4 is 11.1 Å². The molecule has 1 heterocycles. The van der Waals surface area contributed by atoms with Crippen molar-refractivity contribution >= 4 is 17.6 Å². The molecule has 2 atom stereocenters. The van der Waals surface area contributed by atoms with E-state index < -0.39 is 11.9 Å². The predicted octanol–water partition coefficient (Wildman–Crippen LogP) is -0.248. The molecule has 1 aliphatic heterocycles. The summed E-state index contributed by atoms with van der Waals surface area (Å²) in [6, 6.07) is -0.770. The smallest absolute Gasteiger partial charge is 0.240 e. The highest BCUT2D eigenvalue weighted by Gasteiger charge is 2.27. The third kappa shape index (κ3) is 4.44. The summed E-state index contributed by atoms with van der Waals surface area (Å²) < 4.78 is 5.10. The first-order valence-electron chi connectivity index (χ1n) is 6.23. The van der Waals surface area contributed by atoms with E-state index in [0.29, 0.717) is 26.1 Å². The van der Waals surface area contributed by atoms with Crippen LogP contribution in [0, 0.1) is 5.92 Å². The number of hydrogen-bond acceptors (Lipinski definition) is 4. The van der Waals surface area contributed by atoms with E-state index in [1.165, 1.54) is 0 Å². The number of ether oxygens (including phenoxy) is 1. The molecule has 1 saturated heterocycles. The molecule has 1 fully saturated rings. The van der Waals surface area contributed by atoms with Crippen molar-refractivity contribution in [1.82, 2.24) is 5.32 Å². The van der Waals surface area contributed by atoms with Crippen molar-refractivity contribution in [3.63, 3.8) is 0 Å². The van der Waals surface area contributed by atoms with Gasteiger partial charge in [-0.25, -0.2) is 0 Å². The van der Waals surface area contributed by atoms with E-state index in [4.69, 9.17) is 10.5 Å². The molecule has 6 heteroatoms. The van der Waals surface area contributed by atoms with Gasteiger partial charge in [-0.3, -0.25) is 14.4 Å². The number of primary amides is 1. The Labute approximate surface area is 106 Å². The van der Waals surface area contributed by atoms with E-state index in [0.717, 1.165) is 0 Å². The number of carbonyl (C=O) groups is 3. The summed E-state index contributed by atoms with van der Waals surface area (Å²) in [4.78, 5) is 34.2. The van der Waals surface area contributed by atoms with Gasteiger partial charge in [-0.1, -0.05) is 6.92 Å². The highest BCUT2D eigenvalue weighted by Crippen LogP contribution is 2.13. The van der Waals surface area contributed by atoms with Crippen LogP contribution in [-0.4, -0.2) is 36.9 Å². The zero-order valence-electron chi connectivity index (χ0n) is 10.6. The molecule has 1 aliphatic rings. The SMILES string of the molecule is CCC(=O)CC[C@H](NC(=O)[C@H]1CCOC1)C(N)=O. The molecule has 0 radical (unpaired) electrons. The Morgan fingerprint density at radius 3 is 2.67 bits per heavy atom. The van der Waals surface area contributed by atoms with Crippen LogP contribution >= 0.6 is 0 Å². The lowest BCUT2D eigenvalue weighted by Gasteiger charge is -2.17. The molecule has 102 valence electrons. The average Bonchev–Trinajstić information content (AvgIpc) is 2.87. The zero-order chi connectivity index (χ0) is 13.5. The fourth-order valence-corrected chi connectivity index (χ4v) is 1.80. The average molecular weight is 256 g/mol. The summed E-state index contributed by atoms with van der Waals surface area (Å²) >= 11 is 0. The minimum Gasteiger partial charge on any atom is -0.381 e. The second-order valence-corrected chi connectivity index (χ2v) is 4.45. The first-order chi connectivity index (χ1) is 8.54. The van der Waals surface area contributed by atoms with Gasteiger partial charge in [-0.15, -0.1) is 0 Å². The summed E-state index contributed by atoms with van der Waals surface area (Å²) in [6.45, 7) is 2.70. The molecule has 0 aromatic rings. The lowest BCUT2D eigenvalue weighted by atomic mass is 10.0. The van der Waals surface area contributed by atoms with Crippen LogP contribution in [0.4, 0.5) is 0 Å². The number of nitrogens with one attached hydrogen (secondary N) is 1. The minimum atomic E-state index is -0.770. The van der Waals surface area contributed by atoms with Crippen LogP contribution in [0.5, 0.6) is 0 Å². The zero-order valence-corrected chi connectivity index (χ0v) is 10.6. The molecule has 2 amide bonds. The summed E-state index contributed by atoms with van der Waals surface area (Å²) in [5, 5.41) is 2.59. The third-order valence-corrected chi connectivity index (χ3v) is 3.07. The monoisotopic (exact) mass is 256 g/mol. The van der Waals surface area contributed by atoms with Crippen LogP contribution in [0.25, 0.3) is 0 Å². The molecular formula is C12H20N2O4. The predicted molar refractivity (Wildman–Crippen MR) is 64.6 cm³/mol. The second-order valence-electron chi connectivity index (χ2n) is 4.45. The summed E-state index contributed by atoms with van der Waals surface area (Å²) in [5.41, 5.74) is 5.22. The molecular weight excluding hydrogens is 236 g/mol. The first-order valence-corrected chi connectivity index (χ1v) is 6.23. The number of rotatable bonds is 7. The molecule has 0 spiro atoms. The van der Waals surface area contributed by atoms with Gasteiger partial charge in [0.05, 0.1) is 12.5 Å². The van der Waals surface area contributed by atoms with Gasteiger partial charge >= 0.3 is 0 Å². The maximum absolute atomic E-state index is 11.8. The highest BCUT2D eigenvalue weighted by molar-refractivity contribution is 5.88. The fraction of sp³-hybridized carbons (Fsp3) is 0.750. The van der Waals surface area contributed by atoms with Gasteiger partial charge in [-0.05, 0) is 12.8 Å². The maximum Gasteiger partial charge on any atom is 0.240 e. The number of amides is 2. The maximum atomic E-state index is 11.8. The van der Waals surface area contributed by atoms with E-state index in [1.54, 1.807) is 6.92 Å². The Morgan fingerprint density at radius 2 is 2.17 bits per heavy atom. The Kier molecular flexibility index (Phi) is 5.77. The van der Waals surface area contributed by atoms with Gasteiger partial charge in [0.25, 0.3) is 0 Å². The quantitative estimate of drug-likeness (QED) is 0.656. The lowest BCUT2D eigenvalue weighted by molar-refractivity contribution is -0.130. The lowest BCUT2D eigenvalue weighted by Crippen LogP contribution is -2.47. The van der Waals surface area contributed by atoms with Crippen LogP contribution in [0.2, 0.25) is 0 Å². The number of hydrogen-bond donors (Lipinski definition) is 2. The Bertz CT molecular complexity index is 324. The van der Waals surface area contributed by atoms with Crippen molar-refractivity contribution < 1.29 is 19.1 Å². The van der Waals surface area contributed by atoms with Crippen molar-refractivity contribution in [2.45, 2.75) is 38.6 Å². The second kappa shape index (κ2) is 7.10. The van der Waals surface area contributed by atoms with Crippen LogP contribution in [0.1, 0.15) is 32.6 Å². The first kappa shape index (κ1) is 14.6. The van der Waals surface area contributed by atoms with Crippen molar-refractivity contribution in [3.05, 3.63) is 0 Å². The molecule has 6 nitrogen and oxygen atoms in total. The molecule has 3 N–H and O–H groups in total. The van der Waals surface area contributed by atoms with E-state index in [9.17, 15) is 14.4 Å². The van der Waals surface area contributed by atoms with Crippen LogP contribution in [-0.2, 0) is 19.1 Å². The fourth-order valence-electron chi connectivity index (χ4n) is 1.80. The standard InChI is InChI=1S/C12H20N2O4/c1-2-9(15)3-4-10(11(13)16)14-12(17)8-5-6-18-7-8/h8,10H,2-7H2,1H3,(H2,13,16)(H,14,17)/t8-,10-/m0/s1. The topological polar surface area (TPSA) is 98.5 Å². The van der Waals surface area contributed by atoms with Crippen LogP contribution in [0.3, 0.4) is 0 Å². The molecule has 0 aromatic heterocycles. The number of nitrogens with two attached hydrogens (primary N) is 1. The van der Waals surface area contributed by atoms with Crippen molar-refractivity contribution in [1.29, 1.82) is 0 Å². The molecule has 0 bridgehead atoms. The van der Waals surface area contributed by atoms with Gasteiger partial charge in [0.1, 0.15) is 11.8 Å². The number of Topliss-reactive ketones (excluding diaryl/α,β-unsaturated/α-hetero) is 1. The Morgan fingerprint density at radius 1 is 1.44 bits per heavy atom. The molecule has 1 rings (SSSR count).